The Balaban J connectivity index is 0.00000225. The molecule has 0 saturated carbocycles. The van der Waals surface area contributed by atoms with Gasteiger partial charge in [0.05, 0.1) is 5.69 Å². The number of hydrogen-bond donors (Lipinski definition) is 2. The van der Waals surface area contributed by atoms with E-state index >= 15 is 0 Å². The normalized spacial score (nSPS) is 12.4. The number of pyridine rings is 1. The van der Waals surface area contributed by atoms with Gasteiger partial charge >= 0.3 is 0 Å². The van der Waals surface area contributed by atoms with E-state index in [1.165, 1.54) is 16.8 Å². The third kappa shape index (κ3) is 4.67. The van der Waals surface area contributed by atoms with Crippen molar-refractivity contribution in [3.8, 4) is 11.3 Å². The fourth-order valence-corrected chi connectivity index (χ4v) is 3.83. The number of anilines is 2. The third-order valence-electron chi connectivity index (χ3n) is 5.03. The van der Waals surface area contributed by atoms with Gasteiger partial charge in [-0.05, 0) is 73.6 Å². The Morgan fingerprint density at radius 2 is 1.86 bits per heavy atom. The molecule has 0 fully saturated rings. The van der Waals surface area contributed by atoms with E-state index in [2.05, 4.69) is 41.7 Å². The maximum absolute atomic E-state index is 8.98. The average molecular weight is 415 g/mol. The van der Waals surface area contributed by atoms with Crippen LogP contribution < -0.4 is 5.32 Å². The number of nitrogens with zero attached hydrogens (tertiary/aromatic N) is 1. The van der Waals surface area contributed by atoms with Crippen LogP contribution >= 0.6 is 24.0 Å². The van der Waals surface area contributed by atoms with Crippen LogP contribution in [0.1, 0.15) is 29.7 Å². The first-order valence-electron chi connectivity index (χ1n) is 9.48. The van der Waals surface area contributed by atoms with Crippen molar-refractivity contribution in [1.82, 2.24) is 4.98 Å². The summed E-state index contributed by atoms with van der Waals surface area (Å²) >= 11 is 6.17. The quantitative estimate of drug-likeness (QED) is 0.521. The summed E-state index contributed by atoms with van der Waals surface area (Å²) in [7, 11) is 0. The van der Waals surface area contributed by atoms with Crippen LogP contribution in [0.25, 0.3) is 11.3 Å². The largest absolute Gasteiger partial charge is 0.396 e. The van der Waals surface area contributed by atoms with Crippen LogP contribution in [0.3, 0.4) is 0 Å². The molecule has 2 N–H and O–H groups in total. The molecule has 28 heavy (non-hydrogen) atoms. The minimum atomic E-state index is 0. The van der Waals surface area contributed by atoms with Crippen molar-refractivity contribution >= 4 is 35.4 Å². The Morgan fingerprint density at radius 1 is 1.04 bits per heavy atom. The van der Waals surface area contributed by atoms with E-state index in [1.807, 2.05) is 18.2 Å². The van der Waals surface area contributed by atoms with Crippen LogP contribution in [0.15, 0.2) is 54.6 Å². The lowest BCUT2D eigenvalue weighted by atomic mass is 10.1. The van der Waals surface area contributed by atoms with E-state index in [4.69, 9.17) is 21.7 Å². The van der Waals surface area contributed by atoms with Crippen LogP contribution in [0.4, 0.5) is 11.4 Å². The van der Waals surface area contributed by atoms with Gasteiger partial charge < -0.3 is 10.4 Å². The van der Waals surface area contributed by atoms with Crippen LogP contribution in [-0.2, 0) is 19.3 Å². The highest BCUT2D eigenvalue weighted by Crippen LogP contribution is 2.34. The molecule has 0 bridgehead atoms. The van der Waals surface area contributed by atoms with Gasteiger partial charge in [0.15, 0.2) is 0 Å². The number of aryl methyl sites for hydroxylation is 2. The van der Waals surface area contributed by atoms with Crippen LogP contribution in [0.5, 0.6) is 0 Å². The van der Waals surface area contributed by atoms with Gasteiger partial charge in [0, 0.05) is 34.3 Å². The third-order valence-corrected chi connectivity index (χ3v) is 5.26. The highest BCUT2D eigenvalue weighted by Gasteiger charge is 2.18. The fraction of sp³-hybridized carbons (Fsp3) is 0.261. The van der Waals surface area contributed by atoms with E-state index in [9.17, 15) is 0 Å². The number of halogens is 2. The maximum atomic E-state index is 8.98. The molecule has 2 aromatic carbocycles. The Bertz CT molecular complexity index is 942. The SMILES string of the molecule is Cl.OCCCc1ccc(Nc2cc(-c3cccc(Cl)c3)nc3c2CCC3)cc1. The molecule has 1 heterocycles. The Hall–Kier alpha value is -2.07. The van der Waals surface area contributed by atoms with Gasteiger partial charge in [-0.15, -0.1) is 12.4 Å². The van der Waals surface area contributed by atoms with Crippen molar-refractivity contribution in [2.45, 2.75) is 32.1 Å². The molecule has 0 radical (unpaired) electrons. The van der Waals surface area contributed by atoms with Crippen molar-refractivity contribution < 1.29 is 5.11 Å². The molecule has 0 saturated heterocycles. The monoisotopic (exact) mass is 414 g/mol. The van der Waals surface area contributed by atoms with Crippen LogP contribution in [-0.4, -0.2) is 16.7 Å². The predicted molar refractivity (Wildman–Crippen MR) is 119 cm³/mol. The van der Waals surface area contributed by atoms with Crippen molar-refractivity contribution in [3.05, 3.63) is 76.4 Å². The molecule has 146 valence electrons. The molecule has 0 atom stereocenters. The van der Waals surface area contributed by atoms with E-state index < -0.39 is 0 Å². The lowest BCUT2D eigenvalue weighted by Crippen LogP contribution is -2.00. The van der Waals surface area contributed by atoms with Gasteiger partial charge in [-0.25, -0.2) is 0 Å². The van der Waals surface area contributed by atoms with E-state index in [0.717, 1.165) is 59.8 Å². The van der Waals surface area contributed by atoms with Crippen molar-refractivity contribution in [2.75, 3.05) is 11.9 Å². The molecular weight excluding hydrogens is 391 g/mol. The van der Waals surface area contributed by atoms with Crippen LogP contribution in [0, 0.1) is 0 Å². The van der Waals surface area contributed by atoms with Gasteiger partial charge in [-0.2, -0.15) is 0 Å². The molecule has 4 rings (SSSR count). The molecule has 0 amide bonds. The Morgan fingerprint density at radius 3 is 2.61 bits per heavy atom. The zero-order valence-electron chi connectivity index (χ0n) is 15.6. The summed E-state index contributed by atoms with van der Waals surface area (Å²) in [4.78, 5) is 4.89. The Kier molecular flexibility index (Phi) is 6.95. The van der Waals surface area contributed by atoms with Crippen molar-refractivity contribution in [1.29, 1.82) is 0 Å². The number of benzene rings is 2. The zero-order valence-corrected chi connectivity index (χ0v) is 17.2. The van der Waals surface area contributed by atoms with Gasteiger partial charge in [0.25, 0.3) is 0 Å². The second-order valence-corrected chi connectivity index (χ2v) is 7.43. The summed E-state index contributed by atoms with van der Waals surface area (Å²) in [5.74, 6) is 0. The summed E-state index contributed by atoms with van der Waals surface area (Å²) in [6.07, 6.45) is 4.94. The van der Waals surface area contributed by atoms with E-state index in [-0.39, 0.29) is 19.0 Å². The smallest absolute Gasteiger partial charge is 0.0726 e. The number of aromatic nitrogens is 1. The number of aliphatic hydroxyl groups is 1. The zero-order chi connectivity index (χ0) is 18.6. The number of nitrogens with one attached hydrogen (secondary N) is 1. The first-order valence-corrected chi connectivity index (χ1v) is 9.86. The number of aliphatic hydroxyl groups excluding tert-OH is 1. The highest BCUT2D eigenvalue weighted by molar-refractivity contribution is 6.30. The molecule has 3 aromatic rings. The summed E-state index contributed by atoms with van der Waals surface area (Å²) in [6.45, 7) is 0.232. The summed E-state index contributed by atoms with van der Waals surface area (Å²) in [5, 5.41) is 13.3. The van der Waals surface area contributed by atoms with Gasteiger partial charge in [0.2, 0.25) is 0 Å². The highest BCUT2D eigenvalue weighted by atomic mass is 35.5. The minimum absolute atomic E-state index is 0. The molecule has 0 unspecified atom stereocenters. The molecule has 1 aromatic heterocycles. The number of hydrogen-bond acceptors (Lipinski definition) is 3. The molecule has 0 spiro atoms. The van der Waals surface area contributed by atoms with Crippen LogP contribution in [0.2, 0.25) is 5.02 Å². The van der Waals surface area contributed by atoms with Gasteiger partial charge in [0.1, 0.15) is 0 Å². The maximum Gasteiger partial charge on any atom is 0.0726 e. The molecule has 1 aliphatic rings. The average Bonchev–Trinajstić information content (AvgIpc) is 3.16. The number of fused-ring (bicyclic) bond motifs is 1. The van der Waals surface area contributed by atoms with Crippen molar-refractivity contribution in [3.63, 3.8) is 0 Å². The molecule has 3 nitrogen and oxygen atoms in total. The van der Waals surface area contributed by atoms with Gasteiger partial charge in [-0.1, -0.05) is 35.9 Å². The van der Waals surface area contributed by atoms with Gasteiger partial charge in [-0.3, -0.25) is 4.98 Å². The lowest BCUT2D eigenvalue weighted by molar-refractivity contribution is 0.288. The predicted octanol–water partition coefficient (Wildman–Crippen LogP) is 5.98. The van der Waals surface area contributed by atoms with E-state index in [0.29, 0.717) is 0 Å². The van der Waals surface area contributed by atoms with E-state index in [1.54, 1.807) is 0 Å². The Labute approximate surface area is 177 Å². The minimum Gasteiger partial charge on any atom is -0.396 e. The summed E-state index contributed by atoms with van der Waals surface area (Å²) < 4.78 is 0. The topological polar surface area (TPSA) is 45.1 Å². The standard InChI is InChI=1S/C23H23ClN2O.ClH/c24-18-6-1-5-17(14-18)22-15-23(20-7-2-8-21(20)26-22)25-19-11-9-16(10-12-19)4-3-13-27;/h1,5-6,9-12,14-15,27H,2-4,7-8,13H2,(H,25,26);1H. The second-order valence-electron chi connectivity index (χ2n) is 6.99. The lowest BCUT2D eigenvalue weighted by Gasteiger charge is -2.14. The number of rotatable bonds is 6. The molecule has 1 aliphatic carbocycles. The molecule has 5 heteroatoms. The summed E-state index contributed by atoms with van der Waals surface area (Å²) in [6, 6.07) is 18.5. The van der Waals surface area contributed by atoms with Crippen molar-refractivity contribution in [2.24, 2.45) is 0 Å². The second kappa shape index (κ2) is 9.42. The summed E-state index contributed by atoms with van der Waals surface area (Å²) in [5.41, 5.74) is 7.96. The first-order chi connectivity index (χ1) is 13.2. The molecule has 0 aliphatic heterocycles. The first kappa shape index (κ1) is 20.7. The fourth-order valence-electron chi connectivity index (χ4n) is 3.64. The molecular formula is C23H24Cl2N2O.